The number of rotatable bonds is 7. The molecule has 1 aromatic carbocycles. The molecule has 7 heteroatoms. The van der Waals surface area contributed by atoms with Gasteiger partial charge < -0.3 is 15.2 Å². The number of aliphatic carboxylic acids is 1. The minimum Gasteiger partial charge on any atom is -0.481 e. The summed E-state index contributed by atoms with van der Waals surface area (Å²) in [6, 6.07) is 4.42. The maximum absolute atomic E-state index is 14.1. The highest BCUT2D eigenvalue weighted by atomic mass is 32.1. The number of hydrogen-bond acceptors (Lipinski definition) is 4. The van der Waals surface area contributed by atoms with Gasteiger partial charge in [0.1, 0.15) is 5.82 Å². The van der Waals surface area contributed by atoms with E-state index in [0.29, 0.717) is 26.9 Å². The van der Waals surface area contributed by atoms with Crippen molar-refractivity contribution in [2.24, 2.45) is 0 Å². The Bertz CT molecular complexity index is 728. The first-order chi connectivity index (χ1) is 10.9. The Morgan fingerprint density at radius 2 is 2.17 bits per heavy atom. The van der Waals surface area contributed by atoms with Gasteiger partial charge >= 0.3 is 5.97 Å². The molecule has 0 aliphatic rings. The van der Waals surface area contributed by atoms with Crippen molar-refractivity contribution in [2.75, 3.05) is 7.11 Å². The Labute approximate surface area is 137 Å². The number of benzene rings is 1. The summed E-state index contributed by atoms with van der Waals surface area (Å²) in [6.45, 7) is 1.87. The zero-order valence-corrected chi connectivity index (χ0v) is 13.7. The van der Waals surface area contributed by atoms with Gasteiger partial charge in [-0.25, -0.2) is 4.39 Å². The van der Waals surface area contributed by atoms with Crippen LogP contribution in [0, 0.1) is 5.82 Å². The summed E-state index contributed by atoms with van der Waals surface area (Å²) in [5.41, 5.74) is 0.522. The van der Waals surface area contributed by atoms with Crippen molar-refractivity contribution in [1.29, 1.82) is 0 Å². The van der Waals surface area contributed by atoms with Gasteiger partial charge in [-0.2, -0.15) is 0 Å². The summed E-state index contributed by atoms with van der Waals surface area (Å²) in [5.74, 6) is -1.63. The fraction of sp³-hybridized carbons (Fsp3) is 0.375. The number of methoxy groups -OCH3 is 1. The van der Waals surface area contributed by atoms with Crippen LogP contribution >= 0.6 is 11.3 Å². The Morgan fingerprint density at radius 3 is 2.83 bits per heavy atom. The van der Waals surface area contributed by atoms with Gasteiger partial charge in [-0.3, -0.25) is 9.59 Å². The van der Waals surface area contributed by atoms with E-state index in [1.54, 1.807) is 19.1 Å². The normalized spacial score (nSPS) is 12.3. The highest BCUT2D eigenvalue weighted by Gasteiger charge is 2.21. The number of ether oxygens (including phenoxy) is 1. The number of fused-ring (bicyclic) bond motifs is 1. The molecule has 2 rings (SSSR count). The van der Waals surface area contributed by atoms with E-state index in [1.165, 1.54) is 24.5 Å². The van der Waals surface area contributed by atoms with Crippen LogP contribution in [0.4, 0.5) is 4.39 Å². The van der Waals surface area contributed by atoms with Crippen molar-refractivity contribution in [3.8, 4) is 0 Å². The predicted molar refractivity (Wildman–Crippen MR) is 86.3 cm³/mol. The quantitative estimate of drug-likeness (QED) is 0.812. The fourth-order valence-electron chi connectivity index (χ4n) is 2.33. The number of thiophene rings is 1. The zero-order chi connectivity index (χ0) is 17.0. The zero-order valence-electron chi connectivity index (χ0n) is 12.9. The monoisotopic (exact) mass is 339 g/mol. The van der Waals surface area contributed by atoms with Crippen LogP contribution in [-0.4, -0.2) is 30.1 Å². The van der Waals surface area contributed by atoms with E-state index in [0.717, 1.165) is 0 Å². The number of nitrogens with one attached hydrogen (secondary N) is 1. The third kappa shape index (κ3) is 4.05. The van der Waals surface area contributed by atoms with Crippen molar-refractivity contribution >= 4 is 33.3 Å². The SMILES string of the molecule is COCc1c(C(=O)NC(C)CCC(=O)O)sc2cccc(F)c12. The summed E-state index contributed by atoms with van der Waals surface area (Å²) < 4.78 is 19.9. The molecule has 1 atom stereocenters. The van der Waals surface area contributed by atoms with Gasteiger partial charge in [0, 0.05) is 35.2 Å². The second-order valence-electron chi connectivity index (χ2n) is 5.26. The van der Waals surface area contributed by atoms with Crippen LogP contribution < -0.4 is 5.32 Å². The molecule has 0 aliphatic heterocycles. The number of carbonyl (C=O) groups is 2. The van der Waals surface area contributed by atoms with E-state index in [-0.39, 0.29) is 30.8 Å². The first-order valence-corrected chi connectivity index (χ1v) is 7.97. The number of hydrogen-bond donors (Lipinski definition) is 2. The molecule has 1 amide bonds. The smallest absolute Gasteiger partial charge is 0.303 e. The van der Waals surface area contributed by atoms with Crippen LogP contribution in [0.15, 0.2) is 18.2 Å². The lowest BCUT2D eigenvalue weighted by Gasteiger charge is -2.12. The third-order valence-electron chi connectivity index (χ3n) is 3.43. The minimum atomic E-state index is -0.907. The number of carboxylic acid groups (broad SMARTS) is 1. The average molecular weight is 339 g/mol. The number of halogens is 1. The first kappa shape index (κ1) is 17.4. The molecular weight excluding hydrogens is 321 g/mol. The van der Waals surface area contributed by atoms with E-state index < -0.39 is 5.97 Å². The second kappa shape index (κ2) is 7.52. The molecule has 1 unspecified atom stereocenters. The summed E-state index contributed by atoms with van der Waals surface area (Å²) in [7, 11) is 1.49. The van der Waals surface area contributed by atoms with Gasteiger partial charge in [0.25, 0.3) is 5.91 Å². The third-order valence-corrected chi connectivity index (χ3v) is 4.62. The van der Waals surface area contributed by atoms with Crippen molar-refractivity contribution < 1.29 is 23.8 Å². The summed E-state index contributed by atoms with van der Waals surface area (Å²) in [5, 5.41) is 11.9. The molecule has 0 saturated carbocycles. The molecular formula is C16H18FNO4S. The van der Waals surface area contributed by atoms with Crippen molar-refractivity contribution in [2.45, 2.75) is 32.4 Å². The van der Waals surface area contributed by atoms with Gasteiger partial charge in [-0.1, -0.05) is 6.07 Å². The number of carbonyl (C=O) groups excluding carboxylic acids is 1. The fourth-order valence-corrected chi connectivity index (χ4v) is 3.46. The van der Waals surface area contributed by atoms with Crippen LogP contribution in [0.3, 0.4) is 0 Å². The van der Waals surface area contributed by atoms with Gasteiger partial charge in [0.15, 0.2) is 0 Å². The molecule has 1 aromatic heterocycles. The molecule has 2 aromatic rings. The maximum atomic E-state index is 14.1. The minimum absolute atomic E-state index is 0.0204. The van der Waals surface area contributed by atoms with Crippen molar-refractivity contribution in [1.82, 2.24) is 5.32 Å². The Balaban J connectivity index is 2.27. The van der Waals surface area contributed by atoms with Crippen LogP contribution in [-0.2, 0) is 16.1 Å². The highest BCUT2D eigenvalue weighted by Crippen LogP contribution is 2.33. The second-order valence-corrected chi connectivity index (χ2v) is 6.31. The average Bonchev–Trinajstić information content (AvgIpc) is 2.86. The Hall–Kier alpha value is -1.99. The topological polar surface area (TPSA) is 75.6 Å². The molecule has 23 heavy (non-hydrogen) atoms. The van der Waals surface area contributed by atoms with Gasteiger partial charge in [0.2, 0.25) is 0 Å². The number of amides is 1. The molecule has 5 nitrogen and oxygen atoms in total. The predicted octanol–water partition coefficient (Wildman–Crippen LogP) is 3.17. The molecule has 0 fully saturated rings. The standard InChI is InChI=1S/C16H18FNO4S/c1-9(6-7-13(19)20)18-16(21)15-10(8-22-2)14-11(17)4-3-5-12(14)23-15/h3-5,9H,6-8H2,1-2H3,(H,18,21)(H,19,20). The van der Waals surface area contributed by atoms with E-state index in [1.807, 2.05) is 0 Å². The van der Waals surface area contributed by atoms with Gasteiger partial charge in [0.05, 0.1) is 11.5 Å². The summed E-state index contributed by atoms with van der Waals surface area (Å²) >= 11 is 1.20. The van der Waals surface area contributed by atoms with Crippen molar-refractivity contribution in [3.05, 3.63) is 34.5 Å². The van der Waals surface area contributed by atoms with Gasteiger partial charge in [-0.15, -0.1) is 11.3 Å². The van der Waals surface area contributed by atoms with Crippen LogP contribution in [0.25, 0.3) is 10.1 Å². The maximum Gasteiger partial charge on any atom is 0.303 e. The molecule has 0 aliphatic carbocycles. The van der Waals surface area contributed by atoms with E-state index in [2.05, 4.69) is 5.32 Å². The van der Waals surface area contributed by atoms with Crippen molar-refractivity contribution in [3.63, 3.8) is 0 Å². The summed E-state index contributed by atoms with van der Waals surface area (Å²) in [4.78, 5) is 23.4. The van der Waals surface area contributed by atoms with Gasteiger partial charge in [-0.05, 0) is 25.5 Å². The molecule has 1 heterocycles. The molecule has 124 valence electrons. The summed E-state index contributed by atoms with van der Waals surface area (Å²) in [6.07, 6.45) is 0.313. The lowest BCUT2D eigenvalue weighted by molar-refractivity contribution is -0.137. The van der Waals surface area contributed by atoms with Crippen LogP contribution in [0.5, 0.6) is 0 Å². The molecule has 2 N–H and O–H groups in total. The lowest BCUT2D eigenvalue weighted by atomic mass is 10.1. The van der Waals surface area contributed by atoms with E-state index in [4.69, 9.17) is 9.84 Å². The molecule has 0 spiro atoms. The van der Waals surface area contributed by atoms with Crippen LogP contribution in [0.2, 0.25) is 0 Å². The number of carboxylic acids is 1. The Kier molecular flexibility index (Phi) is 5.68. The largest absolute Gasteiger partial charge is 0.481 e. The molecule has 0 bridgehead atoms. The van der Waals surface area contributed by atoms with Crippen LogP contribution in [0.1, 0.15) is 35.0 Å². The van der Waals surface area contributed by atoms with E-state index in [9.17, 15) is 14.0 Å². The lowest BCUT2D eigenvalue weighted by Crippen LogP contribution is -2.33. The van der Waals surface area contributed by atoms with E-state index >= 15 is 0 Å². The Morgan fingerprint density at radius 1 is 1.43 bits per heavy atom. The molecule has 0 saturated heterocycles. The molecule has 0 radical (unpaired) electrons. The first-order valence-electron chi connectivity index (χ1n) is 7.15. The highest BCUT2D eigenvalue weighted by molar-refractivity contribution is 7.21.